The third kappa shape index (κ3) is 3.04. The van der Waals surface area contributed by atoms with Crippen molar-refractivity contribution in [1.82, 2.24) is 20.2 Å². The van der Waals surface area contributed by atoms with Crippen LogP contribution in [0.4, 0.5) is 4.39 Å². The number of aliphatic imine (C=N–C) groups is 1. The van der Waals surface area contributed by atoms with Crippen molar-refractivity contribution in [3.05, 3.63) is 70.9 Å². The Bertz CT molecular complexity index is 1280. The van der Waals surface area contributed by atoms with Gasteiger partial charge in [0.2, 0.25) is 5.91 Å². The normalized spacial score (nSPS) is 20.7. The van der Waals surface area contributed by atoms with E-state index in [0.29, 0.717) is 35.8 Å². The van der Waals surface area contributed by atoms with Gasteiger partial charge in [0, 0.05) is 36.3 Å². The summed E-state index contributed by atoms with van der Waals surface area (Å²) in [4.78, 5) is 27.1. The highest BCUT2D eigenvalue weighted by molar-refractivity contribution is 6.04. The third-order valence-corrected chi connectivity index (χ3v) is 6.31. The lowest BCUT2D eigenvalue weighted by molar-refractivity contribution is -0.120. The van der Waals surface area contributed by atoms with Gasteiger partial charge in [0.25, 0.3) is 0 Å². The molecule has 3 aliphatic heterocycles. The zero-order valence-electron chi connectivity index (χ0n) is 17.2. The number of primary amides is 1. The molecular weight excluding hydrogens is 411 g/mol. The molecule has 4 aliphatic rings. The molecule has 0 saturated heterocycles. The van der Waals surface area contributed by atoms with Crippen LogP contribution in [0.25, 0.3) is 11.0 Å². The Morgan fingerprint density at radius 2 is 2.12 bits per heavy atom. The van der Waals surface area contributed by atoms with Crippen molar-refractivity contribution in [1.29, 1.82) is 0 Å². The van der Waals surface area contributed by atoms with Crippen molar-refractivity contribution >= 4 is 22.8 Å². The smallest absolute Gasteiger partial charge is 0.240 e. The molecule has 0 spiro atoms. The van der Waals surface area contributed by atoms with Gasteiger partial charge in [0.1, 0.15) is 30.3 Å². The van der Waals surface area contributed by atoms with E-state index in [0.717, 1.165) is 36.1 Å². The lowest BCUT2D eigenvalue weighted by Gasteiger charge is -2.30. The van der Waals surface area contributed by atoms with Crippen molar-refractivity contribution in [3.63, 3.8) is 0 Å². The van der Waals surface area contributed by atoms with Crippen molar-refractivity contribution in [2.45, 2.75) is 25.3 Å². The Kier molecular flexibility index (Phi) is 4.24. The van der Waals surface area contributed by atoms with E-state index < -0.39 is 11.9 Å². The molecule has 1 aliphatic carbocycles. The zero-order valence-corrected chi connectivity index (χ0v) is 17.2. The minimum Gasteiger partial charge on any atom is -0.495 e. The summed E-state index contributed by atoms with van der Waals surface area (Å²) >= 11 is 0. The average Bonchev–Trinajstić information content (AvgIpc) is 3.56. The first-order valence-corrected chi connectivity index (χ1v) is 10.7. The zero-order chi connectivity index (χ0) is 21.8. The maximum absolute atomic E-state index is 14.7. The number of halogens is 1. The quantitative estimate of drug-likeness (QED) is 0.750. The summed E-state index contributed by atoms with van der Waals surface area (Å²) in [5.74, 6) is 0.0926. The number of ether oxygens (including phenoxy) is 1. The Labute approximate surface area is 183 Å². The molecule has 0 radical (unpaired) electrons. The number of hydrogen-bond donors (Lipinski definition) is 2. The largest absolute Gasteiger partial charge is 0.495 e. The van der Waals surface area contributed by atoms with Crippen molar-refractivity contribution < 1.29 is 13.9 Å². The number of rotatable bonds is 5. The molecule has 1 fully saturated rings. The van der Waals surface area contributed by atoms with Crippen LogP contribution in [0.1, 0.15) is 24.8 Å². The summed E-state index contributed by atoms with van der Waals surface area (Å²) < 4.78 is 20.5. The van der Waals surface area contributed by atoms with Crippen LogP contribution in [-0.4, -0.2) is 45.8 Å². The molecule has 162 valence electrons. The van der Waals surface area contributed by atoms with Crippen molar-refractivity contribution in [3.8, 4) is 0 Å². The van der Waals surface area contributed by atoms with E-state index in [4.69, 9.17) is 15.5 Å². The van der Waals surface area contributed by atoms with E-state index in [9.17, 15) is 9.18 Å². The van der Waals surface area contributed by atoms with Crippen LogP contribution in [-0.2, 0) is 9.53 Å². The van der Waals surface area contributed by atoms with Crippen molar-refractivity contribution in [2.24, 2.45) is 16.6 Å². The fraction of sp³-hybridized carbons (Fsp3) is 0.304. The second-order valence-corrected chi connectivity index (χ2v) is 8.44. The van der Waals surface area contributed by atoms with Crippen LogP contribution in [0.2, 0.25) is 0 Å². The van der Waals surface area contributed by atoms with E-state index in [-0.39, 0.29) is 17.3 Å². The van der Waals surface area contributed by atoms with E-state index >= 15 is 0 Å². The first kappa shape index (κ1) is 19.0. The number of carbonyl (C=O) groups is 1. The number of nitrogens with two attached hydrogens (primary N) is 1. The molecule has 1 saturated carbocycles. The van der Waals surface area contributed by atoms with Gasteiger partial charge >= 0.3 is 0 Å². The summed E-state index contributed by atoms with van der Waals surface area (Å²) in [6, 6.07) is 2.81. The van der Waals surface area contributed by atoms with Gasteiger partial charge in [0.15, 0.2) is 5.82 Å². The number of hydrogen-bond acceptors (Lipinski definition) is 7. The number of aromatic nitrogens is 2. The van der Waals surface area contributed by atoms with Crippen LogP contribution in [0, 0.1) is 11.7 Å². The lowest BCUT2D eigenvalue weighted by Crippen LogP contribution is -2.43. The molecule has 1 amide bonds. The van der Waals surface area contributed by atoms with Gasteiger partial charge in [-0.05, 0) is 42.9 Å². The first-order chi connectivity index (χ1) is 15.6. The van der Waals surface area contributed by atoms with Crippen LogP contribution >= 0.6 is 0 Å². The number of carbonyl (C=O) groups excluding carboxylic acids is 1. The summed E-state index contributed by atoms with van der Waals surface area (Å²) in [6.45, 7) is 1.16. The van der Waals surface area contributed by atoms with Crippen LogP contribution in [0.5, 0.6) is 0 Å². The Hall–Kier alpha value is -3.75. The summed E-state index contributed by atoms with van der Waals surface area (Å²) in [5.41, 5.74) is 10.7. The van der Waals surface area contributed by atoms with Gasteiger partial charge in [-0.15, -0.1) is 0 Å². The second kappa shape index (κ2) is 7.15. The van der Waals surface area contributed by atoms with Gasteiger partial charge in [-0.2, -0.15) is 0 Å². The Morgan fingerprint density at radius 1 is 1.28 bits per heavy atom. The Morgan fingerprint density at radius 3 is 2.94 bits per heavy atom. The number of amidine groups is 1. The van der Waals surface area contributed by atoms with Gasteiger partial charge in [0.05, 0.1) is 16.9 Å². The molecule has 1 aromatic carbocycles. The second-order valence-electron chi connectivity index (χ2n) is 8.44. The lowest BCUT2D eigenvalue weighted by atomic mass is 10.0. The van der Waals surface area contributed by atoms with E-state index in [1.54, 1.807) is 24.7 Å². The monoisotopic (exact) mass is 432 g/mol. The number of benzene rings is 1. The Balaban J connectivity index is 1.42. The maximum Gasteiger partial charge on any atom is 0.240 e. The highest BCUT2D eigenvalue weighted by Crippen LogP contribution is 2.39. The highest BCUT2D eigenvalue weighted by Gasteiger charge is 2.39. The molecule has 32 heavy (non-hydrogen) atoms. The molecule has 1 unspecified atom stereocenters. The molecule has 0 bridgehead atoms. The van der Waals surface area contributed by atoms with Crippen LogP contribution in [0.3, 0.4) is 0 Å². The molecule has 1 atom stereocenters. The fourth-order valence-corrected chi connectivity index (χ4v) is 4.62. The summed E-state index contributed by atoms with van der Waals surface area (Å²) in [5, 5.41) is 3.30. The first-order valence-electron chi connectivity index (χ1n) is 10.7. The molecular formula is C23H21FN6O2. The van der Waals surface area contributed by atoms with E-state index in [1.165, 1.54) is 12.3 Å². The third-order valence-electron chi connectivity index (χ3n) is 6.31. The van der Waals surface area contributed by atoms with Crippen LogP contribution in [0.15, 0.2) is 64.5 Å². The standard InChI is InChI=1S/C23H21FN6O2/c24-16-7-14(8-17-20(16)27-5-4-26-17)23-28-9-15-18(29-19(22(25)31)12-1-2-12)11-32-10-13-3-6-30(23)21(13)15/h4-5,7-9,11-12,19,29H,1-3,6,10H2,(H2,25,31). The highest BCUT2D eigenvalue weighted by atomic mass is 19.1. The maximum atomic E-state index is 14.7. The predicted molar refractivity (Wildman–Crippen MR) is 115 cm³/mol. The molecule has 4 heterocycles. The summed E-state index contributed by atoms with van der Waals surface area (Å²) in [7, 11) is 0. The van der Waals surface area contributed by atoms with Gasteiger partial charge < -0.3 is 20.7 Å². The molecule has 3 N–H and O–H groups in total. The van der Waals surface area contributed by atoms with Gasteiger partial charge in [-0.25, -0.2) is 14.4 Å². The average molecular weight is 432 g/mol. The number of nitrogens with zero attached hydrogens (tertiary/aromatic N) is 4. The van der Waals surface area contributed by atoms with Gasteiger partial charge in [-0.1, -0.05) is 0 Å². The minimum absolute atomic E-state index is 0.236. The van der Waals surface area contributed by atoms with Gasteiger partial charge in [-0.3, -0.25) is 9.78 Å². The number of amides is 1. The SMILES string of the molecule is NC(=O)C(NC1=COCC2=C3C1=CN=C(c1cc(F)c4nccnc4c1)N3CC2)C1CC1. The molecule has 6 rings (SSSR count). The number of fused-ring (bicyclic) bond motifs is 1. The topological polar surface area (TPSA) is 106 Å². The summed E-state index contributed by atoms with van der Waals surface area (Å²) in [6.07, 6.45) is 9.19. The molecule has 8 nitrogen and oxygen atoms in total. The van der Waals surface area contributed by atoms with E-state index in [1.807, 2.05) is 0 Å². The minimum atomic E-state index is -0.443. The van der Waals surface area contributed by atoms with Crippen LogP contribution < -0.4 is 11.1 Å². The molecule has 2 aromatic rings. The number of nitrogens with one attached hydrogen (secondary N) is 1. The molecule has 1 aromatic heterocycles. The van der Waals surface area contributed by atoms with E-state index in [2.05, 4.69) is 20.2 Å². The van der Waals surface area contributed by atoms with Crippen molar-refractivity contribution in [2.75, 3.05) is 13.2 Å². The predicted octanol–water partition coefficient (Wildman–Crippen LogP) is 2.10. The fourth-order valence-electron chi connectivity index (χ4n) is 4.62. The molecule has 9 heteroatoms.